The molecule has 2 unspecified atom stereocenters. The van der Waals surface area contributed by atoms with Gasteiger partial charge in [0.05, 0.1) is 0 Å². The third-order valence-corrected chi connectivity index (χ3v) is 7.06. The molecule has 0 aromatic heterocycles. The molecule has 2 aliphatic heterocycles. The lowest BCUT2D eigenvalue weighted by Crippen LogP contribution is -2.51. The number of hydrogen-bond donors (Lipinski definition) is 1. The largest absolute Gasteiger partial charge is 0.316 e. The van der Waals surface area contributed by atoms with E-state index in [0.717, 1.165) is 45.2 Å². The molecular weight excluding hydrogens is 286 g/mol. The first-order chi connectivity index (χ1) is 10.1. The summed E-state index contributed by atoms with van der Waals surface area (Å²) >= 11 is 0. The Balaban J connectivity index is 1.69. The number of piperidine rings is 2. The molecule has 0 aromatic carbocycles. The Morgan fingerprint density at radius 2 is 2.00 bits per heavy atom. The second-order valence-electron chi connectivity index (χ2n) is 7.13. The molecule has 3 aliphatic rings. The van der Waals surface area contributed by atoms with Gasteiger partial charge in [0.25, 0.3) is 10.2 Å². The van der Waals surface area contributed by atoms with Gasteiger partial charge in [-0.2, -0.15) is 17.0 Å². The van der Waals surface area contributed by atoms with E-state index in [-0.39, 0.29) is 6.04 Å². The quantitative estimate of drug-likeness (QED) is 0.835. The molecule has 1 N–H and O–H groups in total. The lowest BCUT2D eigenvalue weighted by atomic mass is 10.00. The fraction of sp³-hybridized carbons (Fsp3) is 1.00. The zero-order valence-electron chi connectivity index (χ0n) is 13.1. The molecule has 122 valence electrons. The van der Waals surface area contributed by atoms with Gasteiger partial charge in [-0.3, -0.25) is 0 Å². The lowest BCUT2D eigenvalue weighted by molar-refractivity contribution is 0.235. The molecule has 0 bridgehead atoms. The average molecular weight is 315 g/mol. The van der Waals surface area contributed by atoms with Gasteiger partial charge in [0, 0.05) is 25.7 Å². The zero-order valence-corrected chi connectivity index (χ0v) is 13.9. The van der Waals surface area contributed by atoms with Gasteiger partial charge in [-0.25, -0.2) is 0 Å². The molecule has 6 heteroatoms. The van der Waals surface area contributed by atoms with Crippen LogP contribution in [0.1, 0.15) is 45.4 Å². The molecule has 1 saturated carbocycles. The molecule has 0 aromatic rings. The Hall–Kier alpha value is -0.170. The summed E-state index contributed by atoms with van der Waals surface area (Å²) in [5.41, 5.74) is 0. The van der Waals surface area contributed by atoms with Crippen molar-refractivity contribution in [1.29, 1.82) is 0 Å². The van der Waals surface area contributed by atoms with Crippen molar-refractivity contribution in [2.45, 2.75) is 51.5 Å². The minimum absolute atomic E-state index is 0.272. The van der Waals surface area contributed by atoms with E-state index in [1.165, 1.54) is 6.42 Å². The molecule has 0 spiro atoms. The molecule has 3 fully saturated rings. The van der Waals surface area contributed by atoms with Gasteiger partial charge in [0.1, 0.15) is 0 Å². The van der Waals surface area contributed by atoms with Crippen LogP contribution in [0.15, 0.2) is 0 Å². The first kappa shape index (κ1) is 15.7. The van der Waals surface area contributed by atoms with E-state index < -0.39 is 10.2 Å². The maximum Gasteiger partial charge on any atom is 0.282 e. The van der Waals surface area contributed by atoms with Crippen LogP contribution in [-0.2, 0) is 10.2 Å². The normalized spacial score (nSPS) is 32.5. The second kappa shape index (κ2) is 6.52. The van der Waals surface area contributed by atoms with E-state index in [9.17, 15) is 8.42 Å². The molecule has 1 aliphatic carbocycles. The molecule has 3 rings (SSSR count). The minimum Gasteiger partial charge on any atom is -0.316 e. The van der Waals surface area contributed by atoms with Gasteiger partial charge in [-0.05, 0) is 63.5 Å². The third-order valence-electron chi connectivity index (χ3n) is 5.03. The molecular formula is C15H29N3O2S. The Morgan fingerprint density at radius 3 is 2.62 bits per heavy atom. The van der Waals surface area contributed by atoms with Crippen molar-refractivity contribution in [3.63, 3.8) is 0 Å². The number of hydrogen-bond acceptors (Lipinski definition) is 3. The summed E-state index contributed by atoms with van der Waals surface area (Å²) in [4.78, 5) is 0. The van der Waals surface area contributed by atoms with Gasteiger partial charge in [-0.1, -0.05) is 6.92 Å². The highest BCUT2D eigenvalue weighted by atomic mass is 32.2. The first-order valence-electron chi connectivity index (χ1n) is 8.55. The highest BCUT2D eigenvalue weighted by Gasteiger charge is 2.42. The second-order valence-corrected chi connectivity index (χ2v) is 9.01. The van der Waals surface area contributed by atoms with Gasteiger partial charge >= 0.3 is 0 Å². The summed E-state index contributed by atoms with van der Waals surface area (Å²) in [6.45, 7) is 6.33. The molecule has 0 radical (unpaired) electrons. The van der Waals surface area contributed by atoms with Crippen molar-refractivity contribution in [2.24, 2.45) is 11.8 Å². The molecule has 0 amide bonds. The van der Waals surface area contributed by atoms with Crippen LogP contribution < -0.4 is 5.32 Å². The standard InChI is InChI=1S/C15H29N3O2S/c1-13-4-3-9-17(11-13)21(19,20)18(15-6-7-15)12-14-5-2-8-16-10-14/h13-16H,2-12H2,1H3. The number of nitrogens with one attached hydrogen (secondary N) is 1. The van der Waals surface area contributed by atoms with Gasteiger partial charge in [0.15, 0.2) is 0 Å². The van der Waals surface area contributed by atoms with Gasteiger partial charge in [-0.15, -0.1) is 0 Å². The molecule has 2 atom stereocenters. The van der Waals surface area contributed by atoms with Crippen LogP contribution in [-0.4, -0.2) is 55.8 Å². The van der Waals surface area contributed by atoms with Crippen LogP contribution in [0.4, 0.5) is 0 Å². The van der Waals surface area contributed by atoms with Crippen LogP contribution in [0.3, 0.4) is 0 Å². The topological polar surface area (TPSA) is 52.7 Å². The highest BCUT2D eigenvalue weighted by Crippen LogP contribution is 2.33. The van der Waals surface area contributed by atoms with E-state index >= 15 is 0 Å². The monoisotopic (exact) mass is 315 g/mol. The summed E-state index contributed by atoms with van der Waals surface area (Å²) in [5.74, 6) is 0.974. The summed E-state index contributed by atoms with van der Waals surface area (Å²) in [5, 5.41) is 3.40. The van der Waals surface area contributed by atoms with E-state index in [1.807, 2.05) is 4.31 Å². The van der Waals surface area contributed by atoms with Crippen LogP contribution in [0.25, 0.3) is 0 Å². The van der Waals surface area contributed by atoms with Crippen LogP contribution in [0.5, 0.6) is 0 Å². The van der Waals surface area contributed by atoms with Crippen LogP contribution in [0.2, 0.25) is 0 Å². The maximum atomic E-state index is 13.0. The van der Waals surface area contributed by atoms with E-state index in [1.54, 1.807) is 4.31 Å². The Kier molecular flexibility index (Phi) is 4.88. The summed E-state index contributed by atoms with van der Waals surface area (Å²) in [6.07, 6.45) is 6.57. The van der Waals surface area contributed by atoms with Crippen molar-refractivity contribution < 1.29 is 8.42 Å². The van der Waals surface area contributed by atoms with Crippen LogP contribution >= 0.6 is 0 Å². The fourth-order valence-corrected chi connectivity index (χ4v) is 5.72. The SMILES string of the molecule is CC1CCCN(S(=O)(=O)N(CC2CCCNC2)C2CC2)C1. The van der Waals surface area contributed by atoms with Crippen molar-refractivity contribution in [1.82, 2.24) is 13.9 Å². The Labute approximate surface area is 129 Å². The highest BCUT2D eigenvalue weighted by molar-refractivity contribution is 7.86. The number of nitrogens with zero attached hydrogens (tertiary/aromatic N) is 2. The number of rotatable bonds is 5. The predicted octanol–water partition coefficient (Wildman–Crippen LogP) is 1.43. The predicted molar refractivity (Wildman–Crippen MR) is 84.2 cm³/mol. The average Bonchev–Trinajstić information content (AvgIpc) is 3.30. The molecule has 2 saturated heterocycles. The summed E-state index contributed by atoms with van der Waals surface area (Å²) in [6, 6.07) is 0.272. The maximum absolute atomic E-state index is 13.0. The summed E-state index contributed by atoms with van der Waals surface area (Å²) in [7, 11) is -3.25. The minimum atomic E-state index is -3.25. The summed E-state index contributed by atoms with van der Waals surface area (Å²) < 4.78 is 29.6. The third kappa shape index (κ3) is 3.78. The molecule has 2 heterocycles. The fourth-order valence-electron chi connectivity index (χ4n) is 3.63. The Morgan fingerprint density at radius 1 is 1.19 bits per heavy atom. The van der Waals surface area contributed by atoms with Crippen molar-refractivity contribution in [3.05, 3.63) is 0 Å². The van der Waals surface area contributed by atoms with E-state index in [0.29, 0.717) is 31.5 Å². The van der Waals surface area contributed by atoms with E-state index in [4.69, 9.17) is 0 Å². The lowest BCUT2D eigenvalue weighted by Gasteiger charge is -2.36. The van der Waals surface area contributed by atoms with Gasteiger partial charge < -0.3 is 5.32 Å². The molecule has 5 nitrogen and oxygen atoms in total. The molecule has 21 heavy (non-hydrogen) atoms. The van der Waals surface area contributed by atoms with Crippen molar-refractivity contribution in [3.8, 4) is 0 Å². The van der Waals surface area contributed by atoms with Crippen molar-refractivity contribution >= 4 is 10.2 Å². The van der Waals surface area contributed by atoms with Crippen LogP contribution in [0, 0.1) is 11.8 Å². The van der Waals surface area contributed by atoms with Gasteiger partial charge in [0.2, 0.25) is 0 Å². The van der Waals surface area contributed by atoms with Crippen molar-refractivity contribution in [2.75, 3.05) is 32.7 Å². The smallest absolute Gasteiger partial charge is 0.282 e. The Bertz CT molecular complexity index is 444. The van der Waals surface area contributed by atoms with E-state index in [2.05, 4.69) is 12.2 Å². The zero-order chi connectivity index (χ0) is 14.9. The first-order valence-corrected chi connectivity index (χ1v) is 9.94.